The number of hydrogen-bond acceptors (Lipinski definition) is 5. The Hall–Kier alpha value is -0.150. The summed E-state index contributed by atoms with van der Waals surface area (Å²) in [5, 5.41) is 0.373. The van der Waals surface area contributed by atoms with Crippen molar-refractivity contribution in [2.24, 2.45) is 5.92 Å². The molecule has 1 unspecified atom stereocenters. The van der Waals surface area contributed by atoms with E-state index in [-0.39, 0.29) is 16.7 Å². The van der Waals surface area contributed by atoms with Gasteiger partial charge in [-0.3, -0.25) is 4.79 Å². The molecule has 0 spiro atoms. The number of sulfonamides is 1. The molecule has 0 saturated carbocycles. The Morgan fingerprint density at radius 1 is 1.62 bits per heavy atom. The predicted molar refractivity (Wildman–Crippen MR) is 85.1 cm³/mol. The summed E-state index contributed by atoms with van der Waals surface area (Å²) in [6, 6.07) is 1.43. The van der Waals surface area contributed by atoms with Gasteiger partial charge in [-0.1, -0.05) is 11.6 Å². The van der Waals surface area contributed by atoms with Crippen molar-refractivity contribution in [2.75, 3.05) is 19.7 Å². The molecule has 1 aliphatic heterocycles. The molecule has 0 aliphatic carbocycles. The lowest BCUT2D eigenvalue weighted by Gasteiger charge is -2.30. The minimum Gasteiger partial charge on any atom is -0.466 e. The lowest BCUT2D eigenvalue weighted by molar-refractivity contribution is -0.149. The zero-order chi connectivity index (χ0) is 15.6. The van der Waals surface area contributed by atoms with Crippen molar-refractivity contribution < 1.29 is 17.9 Å². The molecule has 1 aromatic rings. The van der Waals surface area contributed by atoms with E-state index >= 15 is 0 Å². The summed E-state index contributed by atoms with van der Waals surface area (Å²) in [5.74, 6) is -0.727. The molecule has 9 heteroatoms. The molecule has 1 aliphatic rings. The van der Waals surface area contributed by atoms with Crippen molar-refractivity contribution in [3.63, 3.8) is 0 Å². The Labute approximate surface area is 141 Å². The SMILES string of the molecule is CCOC(=O)C1CCCN(S(=O)(=O)c2cc(Cl)c(Br)s2)C1. The van der Waals surface area contributed by atoms with E-state index in [4.69, 9.17) is 16.3 Å². The fraction of sp³-hybridized carbons (Fsp3) is 0.583. The predicted octanol–water partition coefficient (Wildman–Crippen LogP) is 3.13. The molecule has 0 aromatic carbocycles. The highest BCUT2D eigenvalue weighted by molar-refractivity contribution is 9.11. The fourth-order valence-corrected chi connectivity index (χ4v) is 6.27. The molecule has 5 nitrogen and oxygen atoms in total. The van der Waals surface area contributed by atoms with Crippen molar-refractivity contribution in [2.45, 2.75) is 24.0 Å². The molecule has 0 N–H and O–H groups in total. The molecule has 21 heavy (non-hydrogen) atoms. The van der Waals surface area contributed by atoms with Crippen LogP contribution in [0.25, 0.3) is 0 Å². The highest BCUT2D eigenvalue weighted by Crippen LogP contribution is 2.36. The third kappa shape index (κ3) is 3.79. The van der Waals surface area contributed by atoms with Gasteiger partial charge in [-0.2, -0.15) is 4.31 Å². The van der Waals surface area contributed by atoms with Crippen LogP contribution >= 0.6 is 38.9 Å². The summed E-state index contributed by atoms with van der Waals surface area (Å²) in [4.78, 5) is 11.8. The number of halogens is 2. The van der Waals surface area contributed by atoms with Crippen molar-refractivity contribution in [3.8, 4) is 0 Å². The van der Waals surface area contributed by atoms with E-state index in [1.165, 1.54) is 10.4 Å². The van der Waals surface area contributed by atoms with Gasteiger partial charge in [0.25, 0.3) is 10.0 Å². The first-order valence-corrected chi connectivity index (χ1v) is 9.90. The first kappa shape index (κ1) is 17.2. The number of rotatable bonds is 4. The quantitative estimate of drug-likeness (QED) is 0.707. The summed E-state index contributed by atoms with van der Waals surface area (Å²) in [6.07, 6.45) is 1.29. The van der Waals surface area contributed by atoms with Crippen molar-refractivity contribution in [1.82, 2.24) is 4.31 Å². The maximum atomic E-state index is 12.6. The minimum absolute atomic E-state index is 0.161. The van der Waals surface area contributed by atoms with Crippen molar-refractivity contribution in [3.05, 3.63) is 14.9 Å². The van der Waals surface area contributed by atoms with E-state index in [2.05, 4.69) is 15.9 Å². The van der Waals surface area contributed by atoms with Crippen LogP contribution in [0, 0.1) is 5.92 Å². The van der Waals surface area contributed by atoms with Crippen LogP contribution in [0.2, 0.25) is 5.02 Å². The smallest absolute Gasteiger partial charge is 0.310 e. The summed E-state index contributed by atoms with van der Waals surface area (Å²) in [7, 11) is -3.62. The maximum Gasteiger partial charge on any atom is 0.310 e. The van der Waals surface area contributed by atoms with Crippen LogP contribution in [0.4, 0.5) is 0 Å². The van der Waals surface area contributed by atoms with Gasteiger partial charge >= 0.3 is 5.97 Å². The van der Waals surface area contributed by atoms with Crippen LogP contribution < -0.4 is 0 Å². The van der Waals surface area contributed by atoms with Crippen molar-refractivity contribution in [1.29, 1.82) is 0 Å². The number of thiophene rings is 1. The average Bonchev–Trinajstić information content (AvgIpc) is 2.80. The van der Waals surface area contributed by atoms with Gasteiger partial charge < -0.3 is 4.74 Å². The third-order valence-electron chi connectivity index (χ3n) is 3.22. The monoisotopic (exact) mass is 415 g/mol. The number of carbonyl (C=O) groups excluding carboxylic acids is 1. The second-order valence-electron chi connectivity index (χ2n) is 4.64. The third-order valence-corrected chi connectivity index (χ3v) is 8.01. The number of esters is 1. The molecule has 1 fully saturated rings. The molecule has 2 rings (SSSR count). The van der Waals surface area contributed by atoms with E-state index in [9.17, 15) is 13.2 Å². The van der Waals surface area contributed by atoms with Gasteiger partial charge in [0.2, 0.25) is 0 Å². The van der Waals surface area contributed by atoms with Crippen LogP contribution in [0.3, 0.4) is 0 Å². The highest BCUT2D eigenvalue weighted by Gasteiger charge is 2.35. The number of ether oxygens (including phenoxy) is 1. The zero-order valence-corrected chi connectivity index (χ0v) is 15.3. The second kappa shape index (κ2) is 6.95. The minimum atomic E-state index is -3.62. The Balaban J connectivity index is 2.18. The number of carbonyl (C=O) groups is 1. The molecular formula is C12H15BrClNO4S2. The number of nitrogens with zero attached hydrogens (tertiary/aromatic N) is 1. The molecule has 1 aromatic heterocycles. The lowest BCUT2D eigenvalue weighted by atomic mass is 10.0. The van der Waals surface area contributed by atoms with Gasteiger partial charge in [0.1, 0.15) is 4.21 Å². The topological polar surface area (TPSA) is 63.7 Å². The molecule has 2 heterocycles. The van der Waals surface area contributed by atoms with Crippen LogP contribution in [0.15, 0.2) is 14.1 Å². The van der Waals surface area contributed by atoms with E-state index in [1.54, 1.807) is 6.92 Å². The van der Waals surface area contributed by atoms with Gasteiger partial charge in [0.05, 0.1) is 21.3 Å². The molecule has 0 bridgehead atoms. The first-order chi connectivity index (χ1) is 9.86. The summed E-state index contributed by atoms with van der Waals surface area (Å²) >= 11 is 10.2. The first-order valence-electron chi connectivity index (χ1n) is 6.48. The summed E-state index contributed by atoms with van der Waals surface area (Å²) < 4.78 is 32.3. The molecular weight excluding hydrogens is 402 g/mol. The Kier molecular flexibility index (Phi) is 5.70. The van der Waals surface area contributed by atoms with E-state index in [1.807, 2.05) is 0 Å². The molecule has 118 valence electrons. The number of hydrogen-bond donors (Lipinski definition) is 0. The maximum absolute atomic E-state index is 12.6. The normalized spacial score (nSPS) is 20.4. The molecule has 1 saturated heterocycles. The van der Waals surface area contributed by atoms with Gasteiger partial charge in [-0.25, -0.2) is 8.42 Å². The molecule has 0 radical (unpaired) electrons. The van der Waals surface area contributed by atoms with E-state index in [0.717, 1.165) is 11.3 Å². The Morgan fingerprint density at radius 2 is 2.33 bits per heavy atom. The Morgan fingerprint density at radius 3 is 2.90 bits per heavy atom. The number of piperidine rings is 1. The van der Waals surface area contributed by atoms with Crippen molar-refractivity contribution >= 4 is 54.9 Å². The Bertz CT molecular complexity index is 612. The van der Waals surface area contributed by atoms with Gasteiger partial charge in [0, 0.05) is 13.1 Å². The fourth-order valence-electron chi connectivity index (χ4n) is 2.19. The average molecular weight is 417 g/mol. The summed E-state index contributed by atoms with van der Waals surface area (Å²) in [6.45, 7) is 2.61. The van der Waals surface area contributed by atoms with Crippen LogP contribution in [0.5, 0.6) is 0 Å². The lowest BCUT2D eigenvalue weighted by Crippen LogP contribution is -2.42. The van der Waals surface area contributed by atoms with Gasteiger partial charge in [-0.05, 0) is 41.8 Å². The summed E-state index contributed by atoms with van der Waals surface area (Å²) in [5.41, 5.74) is 0. The standard InChI is InChI=1S/C12H15BrClNO4S2/c1-2-19-12(16)8-4-3-5-15(7-8)21(17,18)10-6-9(14)11(13)20-10/h6,8H,2-5,7H2,1H3. The zero-order valence-electron chi connectivity index (χ0n) is 11.3. The second-order valence-corrected chi connectivity index (χ2v) is 9.58. The molecule has 0 amide bonds. The van der Waals surface area contributed by atoms with Gasteiger partial charge in [-0.15, -0.1) is 11.3 Å². The molecule has 1 atom stereocenters. The largest absolute Gasteiger partial charge is 0.466 e. The van der Waals surface area contributed by atoms with Gasteiger partial charge in [0.15, 0.2) is 0 Å². The van der Waals surface area contributed by atoms with E-state index in [0.29, 0.717) is 34.8 Å². The van der Waals surface area contributed by atoms with Crippen LogP contribution in [-0.2, 0) is 19.6 Å². The highest BCUT2D eigenvalue weighted by atomic mass is 79.9. The van der Waals surface area contributed by atoms with Crippen LogP contribution in [-0.4, -0.2) is 38.4 Å². The van der Waals surface area contributed by atoms with E-state index < -0.39 is 15.9 Å². The van der Waals surface area contributed by atoms with Crippen LogP contribution in [0.1, 0.15) is 19.8 Å².